The van der Waals surface area contributed by atoms with E-state index in [9.17, 15) is 18.0 Å². The van der Waals surface area contributed by atoms with Gasteiger partial charge in [-0.1, -0.05) is 0 Å². The molecule has 0 fully saturated rings. The van der Waals surface area contributed by atoms with Gasteiger partial charge in [-0.05, 0) is 6.07 Å². The Hall–Kier alpha value is -2.51. The summed E-state index contributed by atoms with van der Waals surface area (Å²) in [5.74, 6) is -0.884. The summed E-state index contributed by atoms with van der Waals surface area (Å²) in [5, 5.41) is 2.22. The van der Waals surface area contributed by atoms with Crippen molar-refractivity contribution in [1.29, 1.82) is 0 Å². The maximum atomic E-state index is 12.7. The van der Waals surface area contributed by atoms with E-state index in [0.29, 0.717) is 0 Å². The number of pyridine rings is 1. The van der Waals surface area contributed by atoms with E-state index in [2.05, 4.69) is 20.3 Å². The lowest BCUT2D eigenvalue weighted by Crippen LogP contribution is -2.19. The van der Waals surface area contributed by atoms with Crippen molar-refractivity contribution in [1.82, 2.24) is 15.0 Å². The van der Waals surface area contributed by atoms with Crippen LogP contribution in [0, 0.1) is 0 Å². The third-order valence-electron chi connectivity index (χ3n) is 2.18. The van der Waals surface area contributed by atoms with Gasteiger partial charge in [0.1, 0.15) is 0 Å². The highest BCUT2D eigenvalue weighted by atomic mass is 19.4. The van der Waals surface area contributed by atoms with E-state index in [-0.39, 0.29) is 5.82 Å². The zero-order chi connectivity index (χ0) is 13.9. The van der Waals surface area contributed by atoms with Crippen molar-refractivity contribution in [2.24, 2.45) is 0 Å². The van der Waals surface area contributed by atoms with Gasteiger partial charge in [-0.25, -0.2) is 4.98 Å². The van der Waals surface area contributed by atoms with Crippen LogP contribution >= 0.6 is 0 Å². The number of rotatable bonds is 2. The maximum absolute atomic E-state index is 12.7. The van der Waals surface area contributed by atoms with Crippen molar-refractivity contribution in [2.75, 3.05) is 5.32 Å². The maximum Gasteiger partial charge on any atom is 0.417 e. The van der Waals surface area contributed by atoms with Gasteiger partial charge in [0.25, 0.3) is 5.91 Å². The first kappa shape index (κ1) is 12.9. The second-order valence-electron chi connectivity index (χ2n) is 3.46. The van der Waals surface area contributed by atoms with Crippen molar-refractivity contribution in [3.8, 4) is 0 Å². The van der Waals surface area contributed by atoms with Crippen LogP contribution in [0.3, 0.4) is 0 Å². The molecule has 0 radical (unpaired) electrons. The summed E-state index contributed by atoms with van der Waals surface area (Å²) in [6.45, 7) is 0. The first-order valence-corrected chi connectivity index (χ1v) is 5.07. The van der Waals surface area contributed by atoms with E-state index in [0.717, 1.165) is 18.5 Å². The topological polar surface area (TPSA) is 67.8 Å². The molecule has 8 heteroatoms. The number of nitrogens with one attached hydrogen (secondary N) is 1. The fourth-order valence-corrected chi connectivity index (χ4v) is 1.37. The average Bonchev–Trinajstić information content (AvgIpc) is 2.39. The summed E-state index contributed by atoms with van der Waals surface area (Å²) < 4.78 is 38.1. The number of carbonyl (C=O) groups excluding carboxylic acids is 1. The van der Waals surface area contributed by atoms with Crippen LogP contribution in [0.1, 0.15) is 15.9 Å². The van der Waals surface area contributed by atoms with Crippen LogP contribution in [0.15, 0.2) is 37.1 Å². The first-order chi connectivity index (χ1) is 8.98. The fraction of sp³-hybridized carbons (Fsp3) is 0.0909. The van der Waals surface area contributed by atoms with Crippen LogP contribution in [0.4, 0.5) is 19.0 Å². The summed E-state index contributed by atoms with van der Waals surface area (Å²) in [5.41, 5.74) is -1.62. The SMILES string of the molecule is O=C(Nc1cnccn1)c1cnccc1C(F)(F)F. The molecule has 0 saturated heterocycles. The van der Waals surface area contributed by atoms with E-state index in [1.807, 2.05) is 0 Å². The Balaban J connectivity index is 2.30. The molecular weight excluding hydrogens is 261 g/mol. The molecule has 0 atom stereocenters. The number of hydrogen-bond donors (Lipinski definition) is 1. The summed E-state index contributed by atoms with van der Waals surface area (Å²) in [7, 11) is 0. The minimum atomic E-state index is -4.63. The largest absolute Gasteiger partial charge is 0.417 e. The number of nitrogens with zero attached hydrogens (tertiary/aromatic N) is 3. The Bertz CT molecular complexity index is 586. The summed E-state index contributed by atoms with van der Waals surface area (Å²) in [4.78, 5) is 22.7. The summed E-state index contributed by atoms with van der Waals surface area (Å²) in [6.07, 6.45) is 1.11. The lowest BCUT2D eigenvalue weighted by Gasteiger charge is -2.11. The minimum absolute atomic E-state index is 0.0597. The van der Waals surface area contributed by atoms with Crippen molar-refractivity contribution in [3.63, 3.8) is 0 Å². The van der Waals surface area contributed by atoms with Gasteiger partial charge in [0.2, 0.25) is 0 Å². The molecule has 2 rings (SSSR count). The number of hydrogen-bond acceptors (Lipinski definition) is 4. The molecule has 1 amide bonds. The van der Waals surface area contributed by atoms with Gasteiger partial charge in [0.05, 0.1) is 17.3 Å². The average molecular weight is 268 g/mol. The Labute approximate surface area is 105 Å². The quantitative estimate of drug-likeness (QED) is 0.906. The van der Waals surface area contributed by atoms with E-state index >= 15 is 0 Å². The Kier molecular flexibility index (Phi) is 3.41. The van der Waals surface area contributed by atoms with Crippen LogP contribution in [-0.2, 0) is 6.18 Å². The molecule has 0 aliphatic heterocycles. The molecule has 0 aliphatic rings. The molecule has 0 unspecified atom stereocenters. The monoisotopic (exact) mass is 268 g/mol. The Morgan fingerprint density at radius 3 is 2.47 bits per heavy atom. The second-order valence-corrected chi connectivity index (χ2v) is 3.46. The number of aromatic nitrogens is 3. The van der Waals surface area contributed by atoms with E-state index in [1.54, 1.807) is 0 Å². The van der Waals surface area contributed by atoms with Gasteiger partial charge >= 0.3 is 6.18 Å². The van der Waals surface area contributed by atoms with Crippen molar-refractivity contribution < 1.29 is 18.0 Å². The number of alkyl halides is 3. The number of anilines is 1. The van der Waals surface area contributed by atoms with Crippen molar-refractivity contribution in [3.05, 3.63) is 48.2 Å². The summed E-state index contributed by atoms with van der Waals surface area (Å²) in [6, 6.07) is 0.742. The molecule has 0 aromatic carbocycles. The minimum Gasteiger partial charge on any atom is -0.305 e. The van der Waals surface area contributed by atoms with Crippen molar-refractivity contribution in [2.45, 2.75) is 6.18 Å². The predicted molar refractivity (Wildman–Crippen MR) is 59.2 cm³/mol. The standard InChI is InChI=1S/C11H7F3N4O/c12-11(13,14)8-1-2-15-5-7(8)10(19)18-9-6-16-3-4-17-9/h1-6H,(H,17,18,19). The Morgan fingerprint density at radius 1 is 1.11 bits per heavy atom. The zero-order valence-electron chi connectivity index (χ0n) is 9.35. The number of carbonyl (C=O) groups is 1. The van der Waals surface area contributed by atoms with E-state index < -0.39 is 23.2 Å². The number of amides is 1. The van der Waals surface area contributed by atoms with Crippen LogP contribution in [0.5, 0.6) is 0 Å². The lowest BCUT2D eigenvalue weighted by molar-refractivity contribution is -0.137. The summed E-state index contributed by atoms with van der Waals surface area (Å²) >= 11 is 0. The molecule has 2 aromatic rings. The molecule has 0 saturated carbocycles. The second kappa shape index (κ2) is 5.01. The third kappa shape index (κ3) is 3.03. The fourth-order valence-electron chi connectivity index (χ4n) is 1.37. The molecule has 0 aliphatic carbocycles. The smallest absolute Gasteiger partial charge is 0.305 e. The third-order valence-corrected chi connectivity index (χ3v) is 2.18. The molecule has 19 heavy (non-hydrogen) atoms. The van der Waals surface area contributed by atoms with Gasteiger partial charge in [0, 0.05) is 24.8 Å². The Morgan fingerprint density at radius 2 is 1.84 bits per heavy atom. The highest BCUT2D eigenvalue weighted by Gasteiger charge is 2.35. The molecule has 1 N–H and O–H groups in total. The van der Waals surface area contributed by atoms with Gasteiger partial charge in [-0.15, -0.1) is 0 Å². The van der Waals surface area contributed by atoms with Crippen LogP contribution in [0.25, 0.3) is 0 Å². The molecule has 0 spiro atoms. The van der Waals surface area contributed by atoms with Crippen LogP contribution < -0.4 is 5.32 Å². The zero-order valence-corrected chi connectivity index (χ0v) is 9.35. The predicted octanol–water partition coefficient (Wildman–Crippen LogP) is 2.14. The highest BCUT2D eigenvalue weighted by molar-refractivity contribution is 6.04. The van der Waals surface area contributed by atoms with Gasteiger partial charge < -0.3 is 5.32 Å². The van der Waals surface area contributed by atoms with E-state index in [1.165, 1.54) is 18.6 Å². The van der Waals surface area contributed by atoms with Gasteiger partial charge in [-0.3, -0.25) is 14.8 Å². The molecular formula is C11H7F3N4O. The first-order valence-electron chi connectivity index (χ1n) is 5.07. The van der Waals surface area contributed by atoms with Gasteiger partial charge in [-0.2, -0.15) is 13.2 Å². The van der Waals surface area contributed by atoms with Crippen molar-refractivity contribution >= 4 is 11.7 Å². The normalized spacial score (nSPS) is 11.1. The van der Waals surface area contributed by atoms with E-state index in [4.69, 9.17) is 0 Å². The molecule has 98 valence electrons. The van der Waals surface area contributed by atoms with Gasteiger partial charge in [0.15, 0.2) is 5.82 Å². The van der Waals surface area contributed by atoms with Crippen LogP contribution in [-0.4, -0.2) is 20.9 Å². The number of halogens is 3. The highest BCUT2D eigenvalue weighted by Crippen LogP contribution is 2.31. The molecule has 5 nitrogen and oxygen atoms in total. The van der Waals surface area contributed by atoms with Crippen LogP contribution in [0.2, 0.25) is 0 Å². The molecule has 0 bridgehead atoms. The molecule has 2 aromatic heterocycles. The lowest BCUT2D eigenvalue weighted by atomic mass is 10.1. The molecule has 2 heterocycles.